The number of aromatic nitrogens is 1. The number of nitriles is 1. The monoisotopic (exact) mass is 187 g/mol. The SMILES string of the molecule is N#Cc1cc(C(F)F)nc(F)c1N. The number of anilines is 1. The van der Waals surface area contributed by atoms with Crippen LogP contribution < -0.4 is 5.73 Å². The van der Waals surface area contributed by atoms with Crippen molar-refractivity contribution in [1.29, 1.82) is 5.26 Å². The molecule has 0 bridgehead atoms. The van der Waals surface area contributed by atoms with Crippen molar-refractivity contribution in [2.24, 2.45) is 0 Å². The number of rotatable bonds is 1. The zero-order valence-electron chi connectivity index (χ0n) is 6.26. The van der Waals surface area contributed by atoms with Gasteiger partial charge in [-0.3, -0.25) is 0 Å². The second-order valence-electron chi connectivity index (χ2n) is 2.21. The quantitative estimate of drug-likeness (QED) is 0.679. The van der Waals surface area contributed by atoms with Crippen LogP contribution in [0.25, 0.3) is 0 Å². The van der Waals surface area contributed by atoms with Crippen LogP contribution in [0.1, 0.15) is 17.7 Å². The van der Waals surface area contributed by atoms with Crippen LogP contribution in [-0.2, 0) is 0 Å². The van der Waals surface area contributed by atoms with Gasteiger partial charge in [0.05, 0.1) is 5.56 Å². The van der Waals surface area contributed by atoms with E-state index in [4.69, 9.17) is 11.0 Å². The van der Waals surface area contributed by atoms with Gasteiger partial charge >= 0.3 is 0 Å². The van der Waals surface area contributed by atoms with Crippen molar-refractivity contribution in [3.63, 3.8) is 0 Å². The molecule has 0 spiro atoms. The van der Waals surface area contributed by atoms with Crippen LogP contribution >= 0.6 is 0 Å². The Morgan fingerprint density at radius 1 is 1.54 bits per heavy atom. The van der Waals surface area contributed by atoms with Gasteiger partial charge in [0.15, 0.2) is 0 Å². The van der Waals surface area contributed by atoms with E-state index in [0.29, 0.717) is 0 Å². The van der Waals surface area contributed by atoms with E-state index >= 15 is 0 Å². The first-order valence-electron chi connectivity index (χ1n) is 3.20. The van der Waals surface area contributed by atoms with E-state index in [1.165, 1.54) is 6.07 Å². The molecule has 0 saturated heterocycles. The molecule has 1 aromatic heterocycles. The minimum atomic E-state index is -2.91. The van der Waals surface area contributed by atoms with Gasteiger partial charge in [-0.25, -0.2) is 13.8 Å². The zero-order valence-corrected chi connectivity index (χ0v) is 6.26. The van der Waals surface area contributed by atoms with Gasteiger partial charge in [0.2, 0.25) is 5.95 Å². The minimum Gasteiger partial charge on any atom is -0.394 e. The van der Waals surface area contributed by atoms with Crippen molar-refractivity contribution in [2.45, 2.75) is 6.43 Å². The smallest absolute Gasteiger partial charge is 0.280 e. The van der Waals surface area contributed by atoms with Crippen molar-refractivity contribution in [2.75, 3.05) is 5.73 Å². The average molecular weight is 187 g/mol. The predicted octanol–water partition coefficient (Wildman–Crippen LogP) is 1.61. The summed E-state index contributed by atoms with van der Waals surface area (Å²) in [5.74, 6) is -1.24. The second kappa shape index (κ2) is 3.31. The number of alkyl halides is 2. The fourth-order valence-electron chi connectivity index (χ4n) is 0.747. The lowest BCUT2D eigenvalue weighted by Gasteiger charge is -2.02. The summed E-state index contributed by atoms with van der Waals surface area (Å²) in [6, 6.07) is 2.26. The zero-order chi connectivity index (χ0) is 10.0. The topological polar surface area (TPSA) is 62.7 Å². The number of nitrogen functional groups attached to an aromatic ring is 1. The Balaban J connectivity index is 3.32. The molecule has 0 aliphatic carbocycles. The Labute approximate surface area is 71.6 Å². The summed E-state index contributed by atoms with van der Waals surface area (Å²) in [5, 5.41) is 8.38. The van der Waals surface area contributed by atoms with Crippen LogP contribution in [0.3, 0.4) is 0 Å². The van der Waals surface area contributed by atoms with Crippen molar-refractivity contribution in [1.82, 2.24) is 4.98 Å². The number of nitrogens with zero attached hydrogens (tertiary/aromatic N) is 2. The van der Waals surface area contributed by atoms with Gasteiger partial charge < -0.3 is 5.73 Å². The third-order valence-electron chi connectivity index (χ3n) is 1.38. The minimum absolute atomic E-state index is 0.331. The first-order chi connectivity index (χ1) is 6.06. The largest absolute Gasteiger partial charge is 0.394 e. The molecule has 1 heterocycles. The van der Waals surface area contributed by atoms with Crippen LogP contribution in [0.2, 0.25) is 0 Å². The molecule has 0 aromatic carbocycles. The van der Waals surface area contributed by atoms with Crippen LogP contribution in [-0.4, -0.2) is 4.98 Å². The summed E-state index contributed by atoms with van der Waals surface area (Å²) in [5.41, 5.74) is 3.43. The van der Waals surface area contributed by atoms with Crippen LogP contribution in [0, 0.1) is 17.3 Å². The predicted molar refractivity (Wildman–Crippen MR) is 38.3 cm³/mol. The number of nitrogens with two attached hydrogens (primary N) is 1. The first-order valence-corrected chi connectivity index (χ1v) is 3.20. The highest BCUT2D eigenvalue weighted by atomic mass is 19.3. The van der Waals surface area contributed by atoms with Gasteiger partial charge in [-0.05, 0) is 6.07 Å². The Morgan fingerprint density at radius 3 is 2.62 bits per heavy atom. The number of pyridine rings is 1. The van der Waals surface area contributed by atoms with E-state index in [0.717, 1.165) is 6.07 Å². The molecule has 1 aromatic rings. The molecule has 3 nitrogen and oxygen atoms in total. The van der Waals surface area contributed by atoms with Crippen molar-refractivity contribution < 1.29 is 13.2 Å². The molecule has 0 aliphatic heterocycles. The maximum Gasteiger partial charge on any atom is 0.280 e. The Bertz CT molecular complexity index is 370. The summed E-state index contributed by atoms with van der Waals surface area (Å²) in [6.07, 6.45) is -2.91. The molecule has 0 fully saturated rings. The maximum absolute atomic E-state index is 12.7. The van der Waals surface area contributed by atoms with Crippen LogP contribution in [0.5, 0.6) is 0 Å². The lowest BCUT2D eigenvalue weighted by atomic mass is 10.2. The van der Waals surface area contributed by atoms with Gasteiger partial charge in [0.25, 0.3) is 6.43 Å². The van der Waals surface area contributed by atoms with E-state index in [1.54, 1.807) is 0 Å². The molecule has 0 unspecified atom stereocenters. The van der Waals surface area contributed by atoms with E-state index in [-0.39, 0.29) is 5.56 Å². The van der Waals surface area contributed by atoms with E-state index in [1.807, 2.05) is 0 Å². The highest BCUT2D eigenvalue weighted by Crippen LogP contribution is 2.21. The summed E-state index contributed by atoms with van der Waals surface area (Å²) < 4.78 is 36.7. The number of hydrogen-bond acceptors (Lipinski definition) is 3. The van der Waals surface area contributed by atoms with Gasteiger partial charge in [0.1, 0.15) is 17.5 Å². The molecule has 1 rings (SSSR count). The molecule has 6 heteroatoms. The van der Waals surface area contributed by atoms with Gasteiger partial charge in [-0.15, -0.1) is 0 Å². The molecule has 2 N–H and O–H groups in total. The molecule has 0 radical (unpaired) electrons. The molecule has 68 valence electrons. The van der Waals surface area contributed by atoms with E-state index in [9.17, 15) is 13.2 Å². The Kier molecular flexibility index (Phi) is 2.37. The molecule has 0 amide bonds. The van der Waals surface area contributed by atoms with Gasteiger partial charge in [-0.1, -0.05) is 0 Å². The highest BCUT2D eigenvalue weighted by molar-refractivity contribution is 5.53. The van der Waals surface area contributed by atoms with E-state index < -0.39 is 23.8 Å². The van der Waals surface area contributed by atoms with Gasteiger partial charge in [0, 0.05) is 0 Å². The molecule has 0 aliphatic rings. The van der Waals surface area contributed by atoms with Crippen molar-refractivity contribution in [3.05, 3.63) is 23.3 Å². The molecular formula is C7H4F3N3. The average Bonchev–Trinajstić information content (AvgIpc) is 2.09. The lowest BCUT2D eigenvalue weighted by Crippen LogP contribution is -2.02. The third kappa shape index (κ3) is 1.69. The third-order valence-corrected chi connectivity index (χ3v) is 1.38. The summed E-state index contributed by atoms with van der Waals surface area (Å²) in [6.45, 7) is 0. The summed E-state index contributed by atoms with van der Waals surface area (Å²) in [7, 11) is 0. The normalized spacial score (nSPS) is 10.1. The fourth-order valence-corrected chi connectivity index (χ4v) is 0.747. The van der Waals surface area contributed by atoms with Crippen LogP contribution in [0.15, 0.2) is 6.07 Å². The van der Waals surface area contributed by atoms with Crippen molar-refractivity contribution in [3.8, 4) is 6.07 Å². The lowest BCUT2D eigenvalue weighted by molar-refractivity contribution is 0.145. The molecule has 13 heavy (non-hydrogen) atoms. The molecule has 0 saturated carbocycles. The fraction of sp³-hybridized carbons (Fsp3) is 0.143. The molecule has 0 atom stereocenters. The number of hydrogen-bond donors (Lipinski definition) is 1. The maximum atomic E-state index is 12.7. The first kappa shape index (κ1) is 9.32. The second-order valence-corrected chi connectivity index (χ2v) is 2.21. The summed E-state index contributed by atoms with van der Waals surface area (Å²) >= 11 is 0. The highest BCUT2D eigenvalue weighted by Gasteiger charge is 2.15. The standard InChI is InChI=1S/C7H4F3N3/c8-6(9)4-1-3(2-11)5(12)7(10)13-4/h1,6H,12H2. The van der Waals surface area contributed by atoms with E-state index in [2.05, 4.69) is 4.98 Å². The number of halogens is 3. The van der Waals surface area contributed by atoms with Crippen molar-refractivity contribution >= 4 is 5.69 Å². The summed E-state index contributed by atoms with van der Waals surface area (Å²) in [4.78, 5) is 2.89. The van der Waals surface area contributed by atoms with Crippen LogP contribution in [0.4, 0.5) is 18.9 Å². The Hall–Kier alpha value is -1.77. The Morgan fingerprint density at radius 2 is 2.15 bits per heavy atom. The van der Waals surface area contributed by atoms with Gasteiger partial charge in [-0.2, -0.15) is 9.65 Å². The molecular weight excluding hydrogens is 183 g/mol.